The summed E-state index contributed by atoms with van der Waals surface area (Å²) in [5, 5.41) is 2.25. The maximum Gasteiger partial charge on any atom is 0.573 e. The standard InChI is InChI=1S/C28H25F4NO5/c1-27(2,3)38-25(34)24(20-13-8-14-22(23(20)29)37-28(30,31)32)33-26(35)36-15-21-18-11-6-4-9-16(18)17-10-5-7-12-19(17)21/h4-14,21,24H,15H2,1-3H3,(H,33,35). The Balaban J connectivity index is 1.57. The predicted octanol–water partition coefficient (Wildman–Crippen LogP) is 6.65. The van der Waals surface area contributed by atoms with Gasteiger partial charge in [-0.15, -0.1) is 13.2 Å². The van der Waals surface area contributed by atoms with Crippen LogP contribution in [0, 0.1) is 5.82 Å². The molecule has 1 aliphatic rings. The number of benzene rings is 3. The molecule has 1 aliphatic carbocycles. The minimum absolute atomic E-state index is 0.0966. The molecular formula is C28H25F4NO5. The first-order valence-electron chi connectivity index (χ1n) is 11.7. The summed E-state index contributed by atoms with van der Waals surface area (Å²) in [7, 11) is 0. The lowest BCUT2D eigenvalue weighted by atomic mass is 9.98. The van der Waals surface area contributed by atoms with Gasteiger partial charge in [-0.25, -0.2) is 14.0 Å². The average molecular weight is 532 g/mol. The molecule has 0 heterocycles. The lowest BCUT2D eigenvalue weighted by molar-refractivity contribution is -0.275. The number of amides is 1. The number of esters is 1. The van der Waals surface area contributed by atoms with E-state index in [-0.39, 0.29) is 12.5 Å². The first kappa shape index (κ1) is 27.0. The normalized spacial score (nSPS) is 13.8. The van der Waals surface area contributed by atoms with E-state index >= 15 is 4.39 Å². The number of alkyl halides is 3. The fraction of sp³-hybridized carbons (Fsp3) is 0.286. The molecule has 0 aromatic heterocycles. The van der Waals surface area contributed by atoms with Crippen molar-refractivity contribution in [2.45, 2.75) is 44.7 Å². The first-order chi connectivity index (χ1) is 17.8. The van der Waals surface area contributed by atoms with Crippen LogP contribution in [-0.2, 0) is 14.3 Å². The zero-order chi connectivity index (χ0) is 27.7. The lowest BCUT2D eigenvalue weighted by Crippen LogP contribution is -2.39. The molecule has 0 bridgehead atoms. The summed E-state index contributed by atoms with van der Waals surface area (Å²) >= 11 is 0. The van der Waals surface area contributed by atoms with Gasteiger partial charge in [0.15, 0.2) is 17.6 Å². The third-order valence-corrected chi connectivity index (χ3v) is 5.78. The van der Waals surface area contributed by atoms with Gasteiger partial charge in [-0.3, -0.25) is 0 Å². The van der Waals surface area contributed by atoms with Crippen LogP contribution in [0.4, 0.5) is 22.4 Å². The van der Waals surface area contributed by atoms with Crippen molar-refractivity contribution in [1.82, 2.24) is 5.32 Å². The van der Waals surface area contributed by atoms with Gasteiger partial charge in [-0.05, 0) is 49.1 Å². The quantitative estimate of drug-likeness (QED) is 0.285. The summed E-state index contributed by atoms with van der Waals surface area (Å²) in [5.41, 5.74) is 2.31. The Labute approximate surface area is 216 Å². The SMILES string of the molecule is CC(C)(C)OC(=O)C(NC(=O)OCC1c2ccccc2-c2ccccc21)c1cccc(OC(F)(F)F)c1F. The number of rotatable bonds is 6. The van der Waals surface area contributed by atoms with E-state index in [0.29, 0.717) is 0 Å². The molecule has 1 atom stereocenters. The van der Waals surface area contributed by atoms with E-state index in [1.807, 2.05) is 48.5 Å². The second-order valence-electron chi connectivity index (χ2n) is 9.64. The van der Waals surface area contributed by atoms with E-state index in [9.17, 15) is 22.8 Å². The number of hydrogen-bond acceptors (Lipinski definition) is 5. The summed E-state index contributed by atoms with van der Waals surface area (Å²) in [5.74, 6) is -4.00. The van der Waals surface area contributed by atoms with E-state index < -0.39 is 47.2 Å². The highest BCUT2D eigenvalue weighted by Crippen LogP contribution is 2.44. The summed E-state index contributed by atoms with van der Waals surface area (Å²) in [6, 6.07) is 16.4. The van der Waals surface area contributed by atoms with Crippen LogP contribution in [0.25, 0.3) is 11.1 Å². The summed E-state index contributed by atoms with van der Waals surface area (Å²) in [6.07, 6.45) is -6.24. The largest absolute Gasteiger partial charge is 0.573 e. The van der Waals surface area contributed by atoms with Crippen molar-refractivity contribution in [1.29, 1.82) is 0 Å². The number of halogens is 4. The fourth-order valence-electron chi connectivity index (χ4n) is 4.34. The van der Waals surface area contributed by atoms with Crippen LogP contribution in [-0.4, -0.2) is 30.6 Å². The molecule has 0 saturated carbocycles. The number of fused-ring (bicyclic) bond motifs is 3. The van der Waals surface area contributed by atoms with Gasteiger partial charge in [0.2, 0.25) is 0 Å². The van der Waals surface area contributed by atoms with Gasteiger partial charge in [0.05, 0.1) is 0 Å². The van der Waals surface area contributed by atoms with Crippen LogP contribution in [0.5, 0.6) is 5.75 Å². The predicted molar refractivity (Wildman–Crippen MR) is 130 cm³/mol. The van der Waals surface area contributed by atoms with Crippen molar-refractivity contribution in [3.8, 4) is 16.9 Å². The van der Waals surface area contributed by atoms with Crippen molar-refractivity contribution < 1.29 is 41.4 Å². The van der Waals surface area contributed by atoms with Crippen LogP contribution in [0.2, 0.25) is 0 Å². The smallest absolute Gasteiger partial charge is 0.458 e. The first-order valence-corrected chi connectivity index (χ1v) is 11.7. The molecule has 0 radical (unpaired) electrons. The molecule has 200 valence electrons. The monoisotopic (exact) mass is 531 g/mol. The van der Waals surface area contributed by atoms with Crippen molar-refractivity contribution >= 4 is 12.1 Å². The zero-order valence-electron chi connectivity index (χ0n) is 20.8. The highest BCUT2D eigenvalue weighted by atomic mass is 19.4. The fourth-order valence-corrected chi connectivity index (χ4v) is 4.34. The molecule has 10 heteroatoms. The van der Waals surface area contributed by atoms with Crippen LogP contribution >= 0.6 is 0 Å². The topological polar surface area (TPSA) is 73.9 Å². The highest BCUT2D eigenvalue weighted by Gasteiger charge is 2.36. The Morgan fingerprint density at radius 1 is 0.895 bits per heavy atom. The number of ether oxygens (including phenoxy) is 3. The average Bonchev–Trinajstić information content (AvgIpc) is 3.14. The molecule has 4 rings (SSSR count). The minimum Gasteiger partial charge on any atom is -0.458 e. The van der Waals surface area contributed by atoms with Crippen molar-refractivity contribution in [3.05, 3.63) is 89.2 Å². The molecule has 0 fully saturated rings. The lowest BCUT2D eigenvalue weighted by Gasteiger charge is -2.25. The van der Waals surface area contributed by atoms with Crippen molar-refractivity contribution in [2.75, 3.05) is 6.61 Å². The number of alkyl carbamates (subject to hydrolysis) is 1. The molecule has 38 heavy (non-hydrogen) atoms. The van der Waals surface area contributed by atoms with Crippen LogP contribution in [0.1, 0.15) is 49.4 Å². The molecule has 0 spiro atoms. The third-order valence-electron chi connectivity index (χ3n) is 5.78. The number of carbonyl (C=O) groups is 2. The Hall–Kier alpha value is -4.08. The van der Waals surface area contributed by atoms with Gasteiger partial charge >= 0.3 is 18.4 Å². The van der Waals surface area contributed by atoms with Gasteiger partial charge < -0.3 is 19.5 Å². The Bertz CT molecular complexity index is 1300. The summed E-state index contributed by atoms with van der Waals surface area (Å²) in [4.78, 5) is 25.7. The molecule has 0 saturated heterocycles. The third kappa shape index (κ3) is 6.07. The van der Waals surface area contributed by atoms with Gasteiger partial charge in [-0.2, -0.15) is 0 Å². The zero-order valence-corrected chi connectivity index (χ0v) is 20.8. The molecule has 1 unspecified atom stereocenters. The van der Waals surface area contributed by atoms with Crippen molar-refractivity contribution in [2.24, 2.45) is 0 Å². The van der Waals surface area contributed by atoms with Gasteiger partial charge in [-0.1, -0.05) is 60.7 Å². The summed E-state index contributed by atoms with van der Waals surface area (Å²) in [6.45, 7) is 4.55. The van der Waals surface area contributed by atoms with E-state index in [4.69, 9.17) is 9.47 Å². The van der Waals surface area contributed by atoms with Crippen LogP contribution in [0.15, 0.2) is 66.7 Å². The molecule has 6 nitrogen and oxygen atoms in total. The number of carbonyl (C=O) groups excluding carboxylic acids is 2. The van der Waals surface area contributed by atoms with Gasteiger partial charge in [0, 0.05) is 11.5 Å². The molecule has 0 aliphatic heterocycles. The van der Waals surface area contributed by atoms with E-state index in [1.54, 1.807) is 20.8 Å². The van der Waals surface area contributed by atoms with Crippen LogP contribution < -0.4 is 10.1 Å². The molecule has 1 N–H and O–H groups in total. The number of nitrogens with one attached hydrogen (secondary N) is 1. The second-order valence-corrected chi connectivity index (χ2v) is 9.64. The van der Waals surface area contributed by atoms with E-state index in [1.165, 1.54) is 0 Å². The molecular weight excluding hydrogens is 506 g/mol. The second kappa shape index (κ2) is 10.4. The number of hydrogen-bond donors (Lipinski definition) is 1. The Kier molecular flexibility index (Phi) is 7.35. The molecule has 1 amide bonds. The Morgan fingerprint density at radius 3 is 2.03 bits per heavy atom. The highest BCUT2D eigenvalue weighted by molar-refractivity contribution is 5.83. The minimum atomic E-state index is -5.17. The maximum absolute atomic E-state index is 15.0. The van der Waals surface area contributed by atoms with E-state index in [0.717, 1.165) is 40.5 Å². The van der Waals surface area contributed by atoms with Gasteiger partial charge in [0.1, 0.15) is 12.2 Å². The van der Waals surface area contributed by atoms with Crippen molar-refractivity contribution in [3.63, 3.8) is 0 Å². The van der Waals surface area contributed by atoms with Crippen LogP contribution in [0.3, 0.4) is 0 Å². The Morgan fingerprint density at radius 2 is 1.47 bits per heavy atom. The molecule has 3 aromatic rings. The van der Waals surface area contributed by atoms with Gasteiger partial charge in [0.25, 0.3) is 0 Å². The molecule has 3 aromatic carbocycles. The van der Waals surface area contributed by atoms with E-state index in [2.05, 4.69) is 10.1 Å². The maximum atomic E-state index is 15.0. The summed E-state index contributed by atoms with van der Waals surface area (Å²) < 4.78 is 67.7.